The average Bonchev–Trinajstić information content (AvgIpc) is 2.47. The lowest BCUT2D eigenvalue weighted by Gasteiger charge is -2.15. The van der Waals surface area contributed by atoms with Gasteiger partial charge in [0, 0.05) is 5.56 Å². The maximum absolute atomic E-state index is 12.5. The van der Waals surface area contributed by atoms with Gasteiger partial charge in [-0.15, -0.1) is 13.2 Å². The lowest BCUT2D eigenvalue weighted by molar-refractivity contribution is -0.275. The second kappa shape index (κ2) is 6.51. The summed E-state index contributed by atoms with van der Waals surface area (Å²) in [6, 6.07) is 10.8. The Morgan fingerprint density at radius 3 is 2.45 bits per heavy atom. The first kappa shape index (κ1) is 15.9. The molecule has 0 aliphatic heterocycles. The number of carbonyl (C=O) groups is 1. The Hall–Kier alpha value is -2.50. The zero-order valence-corrected chi connectivity index (χ0v) is 11.7. The normalized spacial score (nSPS) is 11.1. The zero-order chi connectivity index (χ0) is 16.2. The van der Waals surface area contributed by atoms with Crippen molar-refractivity contribution in [2.75, 3.05) is 6.61 Å². The Balaban J connectivity index is 2.50. The van der Waals surface area contributed by atoms with Crippen molar-refractivity contribution in [3.8, 4) is 22.6 Å². The molecule has 0 saturated heterocycles. The Labute approximate surface area is 125 Å². The van der Waals surface area contributed by atoms with Crippen LogP contribution in [0, 0.1) is 0 Å². The van der Waals surface area contributed by atoms with E-state index in [4.69, 9.17) is 4.74 Å². The minimum atomic E-state index is -4.82. The smallest absolute Gasteiger partial charge is 0.490 e. The zero-order valence-electron chi connectivity index (χ0n) is 11.7. The van der Waals surface area contributed by atoms with E-state index in [0.29, 0.717) is 23.0 Å². The van der Waals surface area contributed by atoms with Gasteiger partial charge in [0.25, 0.3) is 0 Å². The predicted octanol–water partition coefficient (Wildman–Crippen LogP) is 4.46. The summed E-state index contributed by atoms with van der Waals surface area (Å²) in [7, 11) is 0. The van der Waals surface area contributed by atoms with Crippen LogP contribution in [0.25, 0.3) is 11.1 Å². The average molecular weight is 310 g/mol. The van der Waals surface area contributed by atoms with Gasteiger partial charge in [0.2, 0.25) is 0 Å². The summed E-state index contributed by atoms with van der Waals surface area (Å²) in [6.07, 6.45) is -4.18. The van der Waals surface area contributed by atoms with Crippen molar-refractivity contribution in [2.45, 2.75) is 13.3 Å². The molecular weight excluding hydrogens is 297 g/mol. The van der Waals surface area contributed by atoms with Crippen LogP contribution in [-0.4, -0.2) is 19.3 Å². The maximum atomic E-state index is 12.5. The molecule has 116 valence electrons. The SMILES string of the molecule is CCOc1ccc(-c2ccccc2C=O)cc1OC(F)(F)F. The fraction of sp³-hybridized carbons (Fsp3) is 0.188. The molecule has 3 nitrogen and oxygen atoms in total. The van der Waals surface area contributed by atoms with E-state index < -0.39 is 12.1 Å². The highest BCUT2D eigenvalue weighted by molar-refractivity contribution is 5.87. The highest BCUT2D eigenvalue weighted by atomic mass is 19.4. The fourth-order valence-electron chi connectivity index (χ4n) is 2.02. The van der Waals surface area contributed by atoms with E-state index in [-0.39, 0.29) is 12.4 Å². The highest BCUT2D eigenvalue weighted by Gasteiger charge is 2.32. The van der Waals surface area contributed by atoms with Gasteiger partial charge in [0.05, 0.1) is 6.61 Å². The van der Waals surface area contributed by atoms with Crippen molar-refractivity contribution in [2.24, 2.45) is 0 Å². The molecule has 0 radical (unpaired) electrons. The summed E-state index contributed by atoms with van der Waals surface area (Å²) < 4.78 is 46.7. The second-order valence-electron chi connectivity index (χ2n) is 4.35. The summed E-state index contributed by atoms with van der Waals surface area (Å²) >= 11 is 0. The molecule has 0 bridgehead atoms. The third kappa shape index (κ3) is 3.78. The fourth-order valence-corrected chi connectivity index (χ4v) is 2.02. The van der Waals surface area contributed by atoms with Crippen LogP contribution in [0.4, 0.5) is 13.2 Å². The molecule has 2 aromatic carbocycles. The topological polar surface area (TPSA) is 35.5 Å². The summed E-state index contributed by atoms with van der Waals surface area (Å²) in [5, 5.41) is 0. The van der Waals surface area contributed by atoms with Crippen LogP contribution < -0.4 is 9.47 Å². The molecule has 0 saturated carbocycles. The van der Waals surface area contributed by atoms with Crippen LogP contribution in [0.1, 0.15) is 17.3 Å². The van der Waals surface area contributed by atoms with Crippen LogP contribution in [0.3, 0.4) is 0 Å². The van der Waals surface area contributed by atoms with Gasteiger partial charge in [-0.05, 0) is 30.2 Å². The lowest BCUT2D eigenvalue weighted by atomic mass is 10.00. The molecule has 0 N–H and O–H groups in total. The number of halogens is 3. The number of alkyl halides is 3. The van der Waals surface area contributed by atoms with E-state index in [2.05, 4.69) is 4.74 Å². The van der Waals surface area contributed by atoms with Crippen LogP contribution in [0.15, 0.2) is 42.5 Å². The van der Waals surface area contributed by atoms with E-state index in [1.165, 1.54) is 12.1 Å². The quantitative estimate of drug-likeness (QED) is 0.765. The van der Waals surface area contributed by atoms with Crippen molar-refractivity contribution in [1.29, 1.82) is 0 Å². The molecule has 2 aromatic rings. The van der Waals surface area contributed by atoms with Crippen molar-refractivity contribution < 1.29 is 27.4 Å². The largest absolute Gasteiger partial charge is 0.573 e. The van der Waals surface area contributed by atoms with Crippen molar-refractivity contribution in [3.05, 3.63) is 48.0 Å². The maximum Gasteiger partial charge on any atom is 0.573 e. The Kier molecular flexibility index (Phi) is 4.70. The molecule has 0 aliphatic rings. The Bertz CT molecular complexity index is 666. The van der Waals surface area contributed by atoms with E-state index in [1.807, 2.05) is 0 Å². The molecule has 6 heteroatoms. The molecule has 0 aliphatic carbocycles. The number of hydrogen-bond acceptors (Lipinski definition) is 3. The number of rotatable bonds is 5. The summed E-state index contributed by atoms with van der Waals surface area (Å²) in [4.78, 5) is 11.0. The summed E-state index contributed by atoms with van der Waals surface area (Å²) in [5.74, 6) is -0.445. The van der Waals surface area contributed by atoms with E-state index in [0.717, 1.165) is 0 Å². The number of ether oxygens (including phenoxy) is 2. The standard InChI is InChI=1S/C16H13F3O3/c1-2-21-14-8-7-11(9-15(14)22-16(17,18)19)13-6-4-3-5-12(13)10-20/h3-10H,2H2,1H3. The van der Waals surface area contributed by atoms with Crippen LogP contribution in [0.5, 0.6) is 11.5 Å². The third-order valence-electron chi connectivity index (χ3n) is 2.87. The van der Waals surface area contributed by atoms with Crippen LogP contribution >= 0.6 is 0 Å². The van der Waals surface area contributed by atoms with Gasteiger partial charge >= 0.3 is 6.36 Å². The highest BCUT2D eigenvalue weighted by Crippen LogP contribution is 2.36. The predicted molar refractivity (Wildman–Crippen MR) is 75.1 cm³/mol. The first-order valence-corrected chi connectivity index (χ1v) is 6.51. The van der Waals surface area contributed by atoms with Crippen LogP contribution in [0.2, 0.25) is 0 Å². The molecule has 0 fully saturated rings. The molecule has 0 unspecified atom stereocenters. The minimum absolute atomic E-state index is 0.00726. The lowest BCUT2D eigenvalue weighted by Crippen LogP contribution is -2.17. The number of benzene rings is 2. The molecule has 0 amide bonds. The van der Waals surface area contributed by atoms with E-state index >= 15 is 0 Å². The van der Waals surface area contributed by atoms with Gasteiger partial charge in [-0.2, -0.15) is 0 Å². The molecular formula is C16H13F3O3. The van der Waals surface area contributed by atoms with Gasteiger partial charge in [0.15, 0.2) is 17.8 Å². The minimum Gasteiger partial charge on any atom is -0.490 e. The second-order valence-corrected chi connectivity index (χ2v) is 4.35. The number of aldehydes is 1. The monoisotopic (exact) mass is 310 g/mol. The van der Waals surface area contributed by atoms with Crippen molar-refractivity contribution in [1.82, 2.24) is 0 Å². The molecule has 0 atom stereocenters. The van der Waals surface area contributed by atoms with Gasteiger partial charge in [-0.25, -0.2) is 0 Å². The number of hydrogen-bond donors (Lipinski definition) is 0. The van der Waals surface area contributed by atoms with Crippen molar-refractivity contribution >= 4 is 6.29 Å². The molecule has 0 heterocycles. The Morgan fingerprint density at radius 2 is 1.82 bits per heavy atom. The molecule has 22 heavy (non-hydrogen) atoms. The van der Waals surface area contributed by atoms with Crippen LogP contribution in [-0.2, 0) is 0 Å². The summed E-state index contributed by atoms with van der Waals surface area (Å²) in [6.45, 7) is 1.87. The Morgan fingerprint density at radius 1 is 1.09 bits per heavy atom. The van der Waals surface area contributed by atoms with Gasteiger partial charge in [0.1, 0.15) is 0 Å². The van der Waals surface area contributed by atoms with E-state index in [9.17, 15) is 18.0 Å². The molecule has 2 rings (SSSR count). The van der Waals surface area contributed by atoms with Gasteiger partial charge in [-0.3, -0.25) is 4.79 Å². The first-order valence-electron chi connectivity index (χ1n) is 6.51. The van der Waals surface area contributed by atoms with Crippen molar-refractivity contribution in [3.63, 3.8) is 0 Å². The number of carbonyl (C=O) groups excluding carboxylic acids is 1. The third-order valence-corrected chi connectivity index (χ3v) is 2.87. The van der Waals surface area contributed by atoms with Gasteiger partial charge in [-0.1, -0.05) is 30.3 Å². The summed E-state index contributed by atoms with van der Waals surface area (Å²) in [5.41, 5.74) is 1.34. The molecule has 0 spiro atoms. The molecule has 0 aromatic heterocycles. The first-order chi connectivity index (χ1) is 10.4. The van der Waals surface area contributed by atoms with Gasteiger partial charge < -0.3 is 9.47 Å². The van der Waals surface area contributed by atoms with E-state index in [1.54, 1.807) is 37.3 Å².